The smallest absolute Gasteiger partial charge is 0.263 e. The number of anilines is 2. The molecule has 34 heavy (non-hydrogen) atoms. The molecule has 1 atom stereocenters. The number of halogens is 2. The lowest BCUT2D eigenvalue weighted by Gasteiger charge is -2.17. The summed E-state index contributed by atoms with van der Waals surface area (Å²) in [5, 5.41) is 6.12. The third-order valence-electron chi connectivity index (χ3n) is 4.91. The summed E-state index contributed by atoms with van der Waals surface area (Å²) < 4.78 is 28.0. The zero-order valence-electron chi connectivity index (χ0n) is 18.2. The van der Waals surface area contributed by atoms with Crippen LogP contribution in [0.3, 0.4) is 0 Å². The van der Waals surface area contributed by atoms with Gasteiger partial charge in [0.15, 0.2) is 5.11 Å². The summed E-state index contributed by atoms with van der Waals surface area (Å²) in [5.74, 6) is -0.542. The molecule has 3 rings (SSSR count). The largest absolute Gasteiger partial charge is 0.332 e. The van der Waals surface area contributed by atoms with Gasteiger partial charge < -0.3 is 10.6 Å². The Bertz CT molecular complexity index is 1290. The van der Waals surface area contributed by atoms with E-state index in [1.807, 2.05) is 37.3 Å². The van der Waals surface area contributed by atoms with Gasteiger partial charge in [-0.2, -0.15) is 0 Å². The molecule has 3 N–H and O–H groups in total. The molecule has 10 heteroatoms. The minimum absolute atomic E-state index is 0.0460. The average molecular weight is 537 g/mol. The number of benzene rings is 3. The van der Waals surface area contributed by atoms with Crippen molar-refractivity contribution in [2.75, 3.05) is 10.6 Å². The molecule has 0 fully saturated rings. The van der Waals surface area contributed by atoms with Crippen LogP contribution in [-0.4, -0.2) is 19.4 Å². The van der Waals surface area contributed by atoms with E-state index in [1.165, 1.54) is 18.2 Å². The first-order chi connectivity index (χ1) is 16.2. The summed E-state index contributed by atoms with van der Waals surface area (Å²) in [6, 6.07) is 20.2. The van der Waals surface area contributed by atoms with Gasteiger partial charge in [0, 0.05) is 11.4 Å². The number of nitrogens with one attached hydrogen (secondary N) is 3. The summed E-state index contributed by atoms with van der Waals surface area (Å²) in [6.45, 7) is 2.01. The van der Waals surface area contributed by atoms with Gasteiger partial charge in [0.1, 0.15) is 0 Å². The van der Waals surface area contributed by atoms with Gasteiger partial charge in [-0.3, -0.25) is 9.52 Å². The monoisotopic (exact) mass is 535 g/mol. The third kappa shape index (κ3) is 6.93. The van der Waals surface area contributed by atoms with Crippen molar-refractivity contribution in [2.24, 2.45) is 0 Å². The Morgan fingerprint density at radius 2 is 1.62 bits per heavy atom. The number of carbonyl (C=O) groups is 1. The van der Waals surface area contributed by atoms with Gasteiger partial charge in [0.2, 0.25) is 5.91 Å². The van der Waals surface area contributed by atoms with Gasteiger partial charge in [-0.05, 0) is 60.6 Å². The van der Waals surface area contributed by atoms with Crippen LogP contribution in [0.15, 0.2) is 77.7 Å². The van der Waals surface area contributed by atoms with Crippen molar-refractivity contribution in [2.45, 2.75) is 30.6 Å². The van der Waals surface area contributed by atoms with Gasteiger partial charge in [-0.1, -0.05) is 72.9 Å². The number of carbonyl (C=O) groups excluding carboxylic acids is 1. The highest BCUT2D eigenvalue weighted by atomic mass is 35.5. The highest BCUT2D eigenvalue weighted by Gasteiger charge is 2.21. The lowest BCUT2D eigenvalue weighted by molar-refractivity contribution is -0.117. The first-order valence-electron chi connectivity index (χ1n) is 10.4. The van der Waals surface area contributed by atoms with Gasteiger partial charge in [-0.25, -0.2) is 8.42 Å². The second-order valence-electron chi connectivity index (χ2n) is 7.46. The molecule has 0 saturated heterocycles. The van der Waals surface area contributed by atoms with Gasteiger partial charge in [0.25, 0.3) is 10.0 Å². The zero-order chi connectivity index (χ0) is 24.7. The van der Waals surface area contributed by atoms with E-state index < -0.39 is 10.0 Å². The molecule has 0 aromatic heterocycles. The molecule has 0 radical (unpaired) electrons. The van der Waals surface area contributed by atoms with Gasteiger partial charge in [0.05, 0.1) is 20.9 Å². The third-order valence-corrected chi connectivity index (χ3v) is 7.33. The topological polar surface area (TPSA) is 87.3 Å². The van der Waals surface area contributed by atoms with Crippen LogP contribution in [0.1, 0.15) is 31.2 Å². The van der Waals surface area contributed by atoms with E-state index in [0.29, 0.717) is 27.8 Å². The second kappa shape index (κ2) is 11.7. The Labute approximate surface area is 214 Å². The van der Waals surface area contributed by atoms with Crippen molar-refractivity contribution in [1.82, 2.24) is 4.72 Å². The standard InChI is InChI=1S/C24H23Cl2N3O3S2/c1-2-7-20(16-8-4-3-5-9-16)23(30)27-17-10-6-11-19(14-17)34(31,32)29-24(33)28-18-12-13-21(25)22(26)15-18/h3-6,8-15,20H,2,7H2,1H3,(H,27,30)(H2,28,29,33). The fourth-order valence-electron chi connectivity index (χ4n) is 3.30. The predicted molar refractivity (Wildman–Crippen MR) is 142 cm³/mol. The van der Waals surface area contributed by atoms with E-state index >= 15 is 0 Å². The molecule has 3 aromatic carbocycles. The number of rotatable bonds is 8. The highest BCUT2D eigenvalue weighted by Crippen LogP contribution is 2.26. The van der Waals surface area contributed by atoms with Crippen molar-refractivity contribution in [3.63, 3.8) is 0 Å². The number of sulfonamides is 1. The van der Waals surface area contributed by atoms with Crippen LogP contribution >= 0.6 is 35.4 Å². The van der Waals surface area contributed by atoms with E-state index in [1.54, 1.807) is 24.3 Å². The molecule has 6 nitrogen and oxygen atoms in total. The maximum atomic E-state index is 13.0. The second-order valence-corrected chi connectivity index (χ2v) is 10.4. The first-order valence-corrected chi connectivity index (χ1v) is 13.1. The fourth-order valence-corrected chi connectivity index (χ4v) is 5.00. The van der Waals surface area contributed by atoms with Crippen molar-refractivity contribution < 1.29 is 13.2 Å². The van der Waals surface area contributed by atoms with Crippen molar-refractivity contribution >= 4 is 67.8 Å². The van der Waals surface area contributed by atoms with Crippen LogP contribution in [0.5, 0.6) is 0 Å². The van der Waals surface area contributed by atoms with E-state index in [9.17, 15) is 13.2 Å². The zero-order valence-corrected chi connectivity index (χ0v) is 21.4. The quantitative estimate of drug-likeness (QED) is 0.299. The maximum Gasteiger partial charge on any atom is 0.263 e. The van der Waals surface area contributed by atoms with Crippen LogP contribution < -0.4 is 15.4 Å². The summed E-state index contributed by atoms with van der Waals surface area (Å²) >= 11 is 17.0. The molecule has 1 unspecified atom stereocenters. The molecular formula is C24H23Cl2N3O3S2. The molecule has 1 amide bonds. The first kappa shape index (κ1) is 26.0. The molecule has 3 aromatic rings. The summed E-state index contributed by atoms with van der Waals surface area (Å²) in [6.07, 6.45) is 1.50. The van der Waals surface area contributed by atoms with Crippen molar-refractivity contribution in [1.29, 1.82) is 0 Å². The number of hydrogen-bond acceptors (Lipinski definition) is 4. The summed E-state index contributed by atoms with van der Waals surface area (Å²) in [7, 11) is -4.00. The Kier molecular flexibility index (Phi) is 8.90. The number of amides is 1. The minimum atomic E-state index is -4.00. The van der Waals surface area contributed by atoms with Gasteiger partial charge >= 0.3 is 0 Å². The molecule has 0 aliphatic carbocycles. The summed E-state index contributed by atoms with van der Waals surface area (Å²) in [4.78, 5) is 12.9. The molecule has 178 valence electrons. The Hall–Kier alpha value is -2.65. The number of thiocarbonyl (C=S) groups is 1. The van der Waals surface area contributed by atoms with E-state index in [2.05, 4.69) is 15.4 Å². The Balaban J connectivity index is 1.72. The van der Waals surface area contributed by atoms with Gasteiger partial charge in [-0.15, -0.1) is 0 Å². The molecule has 0 aliphatic rings. The van der Waals surface area contributed by atoms with Crippen molar-refractivity contribution in [3.05, 3.63) is 88.4 Å². The SMILES string of the molecule is CCCC(C(=O)Nc1cccc(S(=O)(=O)NC(=S)Nc2ccc(Cl)c(Cl)c2)c1)c1ccccc1. The maximum absolute atomic E-state index is 13.0. The Morgan fingerprint density at radius 3 is 2.29 bits per heavy atom. The van der Waals surface area contributed by atoms with E-state index in [-0.39, 0.29) is 21.8 Å². The minimum Gasteiger partial charge on any atom is -0.332 e. The van der Waals surface area contributed by atoms with Crippen LogP contribution in [0, 0.1) is 0 Å². The molecule has 0 spiro atoms. The normalized spacial score (nSPS) is 12.0. The molecular weight excluding hydrogens is 513 g/mol. The average Bonchev–Trinajstić information content (AvgIpc) is 2.80. The summed E-state index contributed by atoms with van der Waals surface area (Å²) in [5.41, 5.74) is 1.75. The van der Waals surface area contributed by atoms with Crippen LogP contribution in [0.25, 0.3) is 0 Å². The fraction of sp³-hybridized carbons (Fsp3) is 0.167. The van der Waals surface area contributed by atoms with Crippen LogP contribution in [0.4, 0.5) is 11.4 Å². The highest BCUT2D eigenvalue weighted by molar-refractivity contribution is 7.92. The lowest BCUT2D eigenvalue weighted by Crippen LogP contribution is -2.34. The molecule has 0 bridgehead atoms. The molecule has 0 saturated carbocycles. The molecule has 0 aliphatic heterocycles. The van der Waals surface area contributed by atoms with E-state index in [4.69, 9.17) is 35.4 Å². The van der Waals surface area contributed by atoms with Crippen LogP contribution in [0.2, 0.25) is 10.0 Å². The van der Waals surface area contributed by atoms with Crippen LogP contribution in [-0.2, 0) is 14.8 Å². The van der Waals surface area contributed by atoms with E-state index in [0.717, 1.165) is 12.0 Å². The van der Waals surface area contributed by atoms with Crippen molar-refractivity contribution in [3.8, 4) is 0 Å². The molecule has 0 heterocycles. The Morgan fingerprint density at radius 1 is 0.912 bits per heavy atom. The lowest BCUT2D eigenvalue weighted by atomic mass is 9.93. The predicted octanol–water partition coefficient (Wildman–Crippen LogP) is 6.19. The number of hydrogen-bond donors (Lipinski definition) is 3.